The Kier molecular flexibility index (Phi) is 7.38. The standard InChI is InChI=1S/C17H26ClNOS/c1-14-11-15(2)13-19(12-14)7-8-20-9-10-21-17-5-3-16(18)4-6-17/h3-6,14-15H,7-13H2,1-2H3/p+1/t14-,15-/m0/s1. The zero-order valence-corrected chi connectivity index (χ0v) is 14.7. The van der Waals surface area contributed by atoms with Gasteiger partial charge in [0.25, 0.3) is 0 Å². The van der Waals surface area contributed by atoms with Gasteiger partial charge in [0, 0.05) is 27.5 Å². The summed E-state index contributed by atoms with van der Waals surface area (Å²) in [5.74, 6) is 2.73. The molecule has 0 aromatic heterocycles. The van der Waals surface area contributed by atoms with E-state index in [1.165, 1.54) is 24.4 Å². The molecule has 118 valence electrons. The molecule has 0 amide bonds. The van der Waals surface area contributed by atoms with Crippen LogP contribution in [0.4, 0.5) is 0 Å². The maximum absolute atomic E-state index is 5.87. The summed E-state index contributed by atoms with van der Waals surface area (Å²) in [6.45, 7) is 10.2. The van der Waals surface area contributed by atoms with Gasteiger partial charge in [0.2, 0.25) is 0 Å². The number of ether oxygens (including phenoxy) is 1. The summed E-state index contributed by atoms with van der Waals surface area (Å²) < 4.78 is 5.78. The molecule has 2 rings (SSSR count). The van der Waals surface area contributed by atoms with Gasteiger partial charge in [-0.1, -0.05) is 25.4 Å². The monoisotopic (exact) mass is 328 g/mol. The minimum absolute atomic E-state index is 0.795. The van der Waals surface area contributed by atoms with Crippen LogP contribution < -0.4 is 4.90 Å². The van der Waals surface area contributed by atoms with Gasteiger partial charge in [-0.25, -0.2) is 0 Å². The Labute approximate surface area is 138 Å². The number of rotatable bonds is 7. The van der Waals surface area contributed by atoms with Crippen LogP contribution >= 0.6 is 23.4 Å². The van der Waals surface area contributed by atoms with E-state index in [0.29, 0.717) is 0 Å². The Morgan fingerprint density at radius 1 is 1.14 bits per heavy atom. The predicted molar refractivity (Wildman–Crippen MR) is 91.5 cm³/mol. The van der Waals surface area contributed by atoms with Crippen molar-refractivity contribution in [3.63, 3.8) is 0 Å². The van der Waals surface area contributed by atoms with Crippen LogP contribution in [-0.2, 0) is 4.74 Å². The van der Waals surface area contributed by atoms with Crippen molar-refractivity contribution < 1.29 is 9.64 Å². The van der Waals surface area contributed by atoms with Crippen molar-refractivity contribution in [1.82, 2.24) is 0 Å². The van der Waals surface area contributed by atoms with Crippen molar-refractivity contribution in [2.24, 2.45) is 11.8 Å². The number of thioether (sulfide) groups is 1. The van der Waals surface area contributed by atoms with E-state index in [-0.39, 0.29) is 0 Å². The smallest absolute Gasteiger partial charge is 0.101 e. The minimum Gasteiger partial charge on any atom is -0.375 e. The van der Waals surface area contributed by atoms with E-state index >= 15 is 0 Å². The molecule has 1 aliphatic rings. The molecule has 1 saturated heterocycles. The van der Waals surface area contributed by atoms with E-state index < -0.39 is 0 Å². The molecule has 1 aromatic rings. The maximum Gasteiger partial charge on any atom is 0.101 e. The first-order chi connectivity index (χ1) is 10.1. The first kappa shape index (κ1) is 17.1. The second kappa shape index (κ2) is 9.04. The van der Waals surface area contributed by atoms with Crippen molar-refractivity contribution in [2.45, 2.75) is 25.2 Å². The fraction of sp³-hybridized carbons (Fsp3) is 0.647. The van der Waals surface area contributed by atoms with E-state index in [1.807, 2.05) is 23.9 Å². The highest BCUT2D eigenvalue weighted by atomic mass is 35.5. The molecule has 2 atom stereocenters. The average Bonchev–Trinajstić information content (AvgIpc) is 2.43. The van der Waals surface area contributed by atoms with Gasteiger partial charge in [-0.2, -0.15) is 0 Å². The van der Waals surface area contributed by atoms with Gasteiger partial charge >= 0.3 is 0 Å². The van der Waals surface area contributed by atoms with Gasteiger partial charge in [0.05, 0.1) is 26.3 Å². The van der Waals surface area contributed by atoms with Gasteiger partial charge in [0.1, 0.15) is 6.54 Å². The van der Waals surface area contributed by atoms with Crippen LogP contribution in [0.3, 0.4) is 0 Å². The molecule has 1 fully saturated rings. The van der Waals surface area contributed by atoms with Crippen LogP contribution in [0.15, 0.2) is 29.2 Å². The van der Waals surface area contributed by atoms with E-state index in [9.17, 15) is 0 Å². The van der Waals surface area contributed by atoms with Gasteiger partial charge in [0.15, 0.2) is 0 Å². The van der Waals surface area contributed by atoms with Crippen LogP contribution in [-0.4, -0.2) is 38.6 Å². The van der Waals surface area contributed by atoms with Crippen molar-refractivity contribution in [3.05, 3.63) is 29.3 Å². The summed E-state index contributed by atoms with van der Waals surface area (Å²) in [5.41, 5.74) is 0. The summed E-state index contributed by atoms with van der Waals surface area (Å²) in [6.07, 6.45) is 1.39. The molecule has 1 N–H and O–H groups in total. The number of halogens is 1. The summed E-state index contributed by atoms with van der Waals surface area (Å²) >= 11 is 7.70. The normalized spacial score (nSPS) is 26.0. The third-order valence-corrected chi connectivity index (χ3v) is 5.22. The maximum atomic E-state index is 5.87. The molecule has 1 aromatic carbocycles. The number of benzene rings is 1. The SMILES string of the molecule is C[C@H]1C[C@H](C)C[NH+](CCOCCSc2ccc(Cl)cc2)C1. The van der Waals surface area contributed by atoms with E-state index in [0.717, 1.165) is 42.4 Å². The third-order valence-electron chi connectivity index (χ3n) is 3.99. The lowest BCUT2D eigenvalue weighted by Crippen LogP contribution is -3.14. The van der Waals surface area contributed by atoms with Crippen LogP contribution in [0.2, 0.25) is 5.02 Å². The lowest BCUT2D eigenvalue weighted by atomic mass is 9.92. The average molecular weight is 329 g/mol. The van der Waals surface area contributed by atoms with Gasteiger partial charge < -0.3 is 9.64 Å². The summed E-state index contributed by atoms with van der Waals surface area (Å²) in [6, 6.07) is 8.00. The number of likely N-dealkylation sites (tertiary alicyclic amines) is 1. The quantitative estimate of drug-likeness (QED) is 0.610. The van der Waals surface area contributed by atoms with Crippen LogP contribution in [0, 0.1) is 11.8 Å². The summed E-state index contributed by atoms with van der Waals surface area (Å²) in [7, 11) is 0. The lowest BCUT2D eigenvalue weighted by molar-refractivity contribution is -0.912. The minimum atomic E-state index is 0.795. The lowest BCUT2D eigenvalue weighted by Gasteiger charge is -2.31. The Balaban J connectivity index is 1.53. The van der Waals surface area contributed by atoms with Gasteiger partial charge in [-0.05, 0) is 30.7 Å². The zero-order valence-electron chi connectivity index (χ0n) is 13.1. The Morgan fingerprint density at radius 3 is 2.48 bits per heavy atom. The number of hydrogen-bond acceptors (Lipinski definition) is 2. The second-order valence-electron chi connectivity index (χ2n) is 6.27. The molecule has 0 saturated carbocycles. The van der Waals surface area contributed by atoms with E-state index in [4.69, 9.17) is 16.3 Å². The van der Waals surface area contributed by atoms with Gasteiger partial charge in [-0.3, -0.25) is 0 Å². The van der Waals surface area contributed by atoms with Gasteiger partial charge in [-0.15, -0.1) is 11.8 Å². The molecular weight excluding hydrogens is 302 g/mol. The van der Waals surface area contributed by atoms with E-state index in [2.05, 4.69) is 26.0 Å². The largest absolute Gasteiger partial charge is 0.375 e. The molecule has 21 heavy (non-hydrogen) atoms. The zero-order chi connectivity index (χ0) is 15.1. The predicted octanol–water partition coefficient (Wildman–Crippen LogP) is 3.01. The molecule has 1 heterocycles. The number of quaternary nitrogens is 1. The van der Waals surface area contributed by atoms with Crippen molar-refractivity contribution >= 4 is 23.4 Å². The highest BCUT2D eigenvalue weighted by Crippen LogP contribution is 2.19. The molecule has 0 radical (unpaired) electrons. The number of piperidine rings is 1. The molecule has 0 unspecified atom stereocenters. The summed E-state index contributed by atoms with van der Waals surface area (Å²) in [4.78, 5) is 2.97. The van der Waals surface area contributed by atoms with Crippen LogP contribution in [0.25, 0.3) is 0 Å². The highest BCUT2D eigenvalue weighted by molar-refractivity contribution is 7.99. The fourth-order valence-electron chi connectivity index (χ4n) is 3.19. The van der Waals surface area contributed by atoms with Crippen LogP contribution in [0.1, 0.15) is 20.3 Å². The molecule has 4 heteroatoms. The van der Waals surface area contributed by atoms with Crippen molar-refractivity contribution in [1.29, 1.82) is 0 Å². The molecule has 0 aliphatic carbocycles. The van der Waals surface area contributed by atoms with Crippen LogP contribution in [0.5, 0.6) is 0 Å². The first-order valence-electron chi connectivity index (χ1n) is 7.93. The first-order valence-corrected chi connectivity index (χ1v) is 9.29. The molecule has 2 nitrogen and oxygen atoms in total. The Bertz CT molecular complexity index is 402. The second-order valence-corrected chi connectivity index (χ2v) is 7.87. The fourth-order valence-corrected chi connectivity index (χ4v) is 4.09. The molecular formula is C17H27ClNOS+. The summed E-state index contributed by atoms with van der Waals surface area (Å²) in [5, 5.41) is 0.795. The highest BCUT2D eigenvalue weighted by Gasteiger charge is 2.24. The Morgan fingerprint density at radius 2 is 1.81 bits per heavy atom. The Hall–Kier alpha value is -0.220. The molecule has 0 bridgehead atoms. The molecule has 1 aliphatic heterocycles. The number of hydrogen-bond donors (Lipinski definition) is 1. The van der Waals surface area contributed by atoms with E-state index in [1.54, 1.807) is 4.90 Å². The third kappa shape index (κ3) is 6.60. The van der Waals surface area contributed by atoms with Crippen molar-refractivity contribution in [3.8, 4) is 0 Å². The molecule has 0 spiro atoms. The van der Waals surface area contributed by atoms with Crippen molar-refractivity contribution in [2.75, 3.05) is 38.6 Å². The topological polar surface area (TPSA) is 13.7 Å². The number of nitrogens with one attached hydrogen (secondary N) is 1.